The molecule has 0 radical (unpaired) electrons. The van der Waals surface area contributed by atoms with Crippen molar-refractivity contribution in [3.05, 3.63) is 35.9 Å². The van der Waals surface area contributed by atoms with E-state index in [-0.39, 0.29) is 0 Å². The molecule has 0 spiro atoms. The molecule has 0 aliphatic carbocycles. The van der Waals surface area contributed by atoms with Crippen LogP contribution in [-0.2, 0) is 0 Å². The molecule has 0 aliphatic rings. The number of hydrogen-bond acceptors (Lipinski definition) is 0. The maximum absolute atomic E-state index is 2.19. The summed E-state index contributed by atoms with van der Waals surface area (Å²) in [6.07, 6.45) is 0. The van der Waals surface area contributed by atoms with Crippen LogP contribution in [0.25, 0.3) is 0 Å². The fourth-order valence-corrected chi connectivity index (χ4v) is 0.534. The summed E-state index contributed by atoms with van der Waals surface area (Å²) in [6.45, 7) is 14.8. The Morgan fingerprint density at radius 1 is 0.786 bits per heavy atom. The predicted molar refractivity (Wildman–Crippen MR) is 67.7 cm³/mol. The molecule has 0 aliphatic heterocycles. The van der Waals surface area contributed by atoms with Gasteiger partial charge in [-0.05, 0) is 12.3 Å². The van der Waals surface area contributed by atoms with Crippen molar-refractivity contribution in [1.29, 1.82) is 0 Å². The molecule has 0 heteroatoms. The summed E-state index contributed by atoms with van der Waals surface area (Å²) in [5.74, 6) is 0. The highest BCUT2D eigenvalue weighted by atomic mass is 14.0. The summed E-state index contributed by atoms with van der Waals surface area (Å²) in [5, 5.41) is 0. The SMILES string of the molecule is CC.CC(C)(C)C.Cc1ccccc1. The summed E-state index contributed by atoms with van der Waals surface area (Å²) in [7, 11) is 0. The van der Waals surface area contributed by atoms with Gasteiger partial charge < -0.3 is 0 Å². The van der Waals surface area contributed by atoms with Crippen molar-refractivity contribution >= 4 is 0 Å². The summed E-state index contributed by atoms with van der Waals surface area (Å²) in [5.41, 5.74) is 1.82. The minimum absolute atomic E-state index is 0.500. The van der Waals surface area contributed by atoms with E-state index < -0.39 is 0 Å². The standard InChI is InChI=1S/C7H8.C5H12.C2H6/c1-7-5-3-2-4-6-7;1-5(2,3)4;1-2/h2-6H,1H3;1-4H3;1-2H3. The van der Waals surface area contributed by atoms with Gasteiger partial charge in [-0.25, -0.2) is 0 Å². The molecule has 1 aromatic carbocycles. The van der Waals surface area contributed by atoms with Gasteiger partial charge in [-0.2, -0.15) is 0 Å². The van der Waals surface area contributed by atoms with Gasteiger partial charge in [-0.15, -0.1) is 0 Å². The van der Waals surface area contributed by atoms with Crippen LogP contribution >= 0.6 is 0 Å². The lowest BCUT2D eigenvalue weighted by Gasteiger charge is -2.05. The van der Waals surface area contributed by atoms with E-state index in [0.717, 1.165) is 0 Å². The van der Waals surface area contributed by atoms with E-state index in [1.165, 1.54) is 5.56 Å². The molecule has 1 aromatic rings. The first-order chi connectivity index (χ1) is 6.39. The van der Waals surface area contributed by atoms with Gasteiger partial charge in [-0.3, -0.25) is 0 Å². The molecule has 0 nitrogen and oxygen atoms in total. The van der Waals surface area contributed by atoms with Crippen molar-refractivity contribution in [2.45, 2.75) is 48.5 Å². The minimum atomic E-state index is 0.500. The van der Waals surface area contributed by atoms with E-state index >= 15 is 0 Å². The highest BCUT2D eigenvalue weighted by molar-refractivity contribution is 5.11. The molecule has 0 N–H and O–H groups in total. The normalized spacial score (nSPS) is 9.07. The molecule has 0 heterocycles. The number of aryl methyl sites for hydroxylation is 1. The molecule has 0 unspecified atom stereocenters. The van der Waals surface area contributed by atoms with Gasteiger partial charge in [0.2, 0.25) is 0 Å². The Bertz CT molecular complexity index is 185. The van der Waals surface area contributed by atoms with Crippen LogP contribution in [-0.4, -0.2) is 0 Å². The van der Waals surface area contributed by atoms with E-state index in [9.17, 15) is 0 Å². The van der Waals surface area contributed by atoms with Crippen LogP contribution in [0.5, 0.6) is 0 Å². The molecule has 0 fully saturated rings. The number of benzene rings is 1. The third kappa shape index (κ3) is 22.5. The average Bonchev–Trinajstić information content (AvgIpc) is 2.06. The predicted octanol–water partition coefficient (Wildman–Crippen LogP) is 5.07. The second-order valence-electron chi connectivity index (χ2n) is 4.65. The first-order valence-corrected chi connectivity index (χ1v) is 5.41. The van der Waals surface area contributed by atoms with Crippen LogP contribution in [0, 0.1) is 12.3 Å². The Morgan fingerprint density at radius 3 is 1.21 bits per heavy atom. The molecule has 0 saturated carbocycles. The smallest absolute Gasteiger partial charge is 0.0398 e. The zero-order chi connectivity index (χ0) is 11.6. The maximum atomic E-state index is 2.19. The minimum Gasteiger partial charge on any atom is -0.0683 e. The first kappa shape index (κ1) is 15.7. The van der Waals surface area contributed by atoms with Crippen LogP contribution in [0.1, 0.15) is 47.1 Å². The van der Waals surface area contributed by atoms with Gasteiger partial charge in [0.25, 0.3) is 0 Å². The second kappa shape index (κ2) is 8.80. The molecular formula is C14H26. The monoisotopic (exact) mass is 194 g/mol. The van der Waals surface area contributed by atoms with Gasteiger partial charge in [-0.1, -0.05) is 77.4 Å². The second-order valence-corrected chi connectivity index (χ2v) is 4.65. The van der Waals surface area contributed by atoms with Crippen LogP contribution < -0.4 is 0 Å². The van der Waals surface area contributed by atoms with Crippen LogP contribution in [0.2, 0.25) is 0 Å². The van der Waals surface area contributed by atoms with Crippen molar-refractivity contribution < 1.29 is 0 Å². The van der Waals surface area contributed by atoms with Crippen LogP contribution in [0.4, 0.5) is 0 Å². The molecule has 0 amide bonds. The Labute approximate surface area is 90.4 Å². The van der Waals surface area contributed by atoms with Gasteiger partial charge in [0.15, 0.2) is 0 Å². The Balaban J connectivity index is 0. The molecule has 0 bridgehead atoms. The Kier molecular flexibility index (Phi) is 9.86. The van der Waals surface area contributed by atoms with E-state index in [0.29, 0.717) is 5.41 Å². The zero-order valence-corrected chi connectivity index (χ0v) is 10.9. The van der Waals surface area contributed by atoms with Gasteiger partial charge in [0.05, 0.1) is 0 Å². The van der Waals surface area contributed by atoms with E-state index in [1.54, 1.807) is 0 Å². The molecular weight excluding hydrogens is 168 g/mol. The summed E-state index contributed by atoms with van der Waals surface area (Å²) in [6, 6.07) is 10.3. The molecule has 0 aromatic heterocycles. The zero-order valence-electron chi connectivity index (χ0n) is 10.9. The number of hydrogen-bond donors (Lipinski definition) is 0. The molecule has 14 heavy (non-hydrogen) atoms. The Morgan fingerprint density at radius 2 is 1.07 bits per heavy atom. The lowest BCUT2D eigenvalue weighted by atomic mass is 10.0. The van der Waals surface area contributed by atoms with E-state index in [1.807, 2.05) is 32.0 Å². The summed E-state index contributed by atoms with van der Waals surface area (Å²) >= 11 is 0. The van der Waals surface area contributed by atoms with Crippen molar-refractivity contribution in [3.63, 3.8) is 0 Å². The molecule has 82 valence electrons. The summed E-state index contributed by atoms with van der Waals surface area (Å²) in [4.78, 5) is 0. The van der Waals surface area contributed by atoms with E-state index in [4.69, 9.17) is 0 Å². The fraction of sp³-hybridized carbons (Fsp3) is 0.571. The largest absolute Gasteiger partial charge is 0.0683 e. The van der Waals surface area contributed by atoms with Crippen molar-refractivity contribution in [3.8, 4) is 0 Å². The van der Waals surface area contributed by atoms with Crippen molar-refractivity contribution in [2.24, 2.45) is 5.41 Å². The van der Waals surface area contributed by atoms with Crippen LogP contribution in [0.15, 0.2) is 30.3 Å². The van der Waals surface area contributed by atoms with Crippen LogP contribution in [0.3, 0.4) is 0 Å². The van der Waals surface area contributed by atoms with Gasteiger partial charge >= 0.3 is 0 Å². The third-order valence-electron chi connectivity index (χ3n) is 0.940. The first-order valence-electron chi connectivity index (χ1n) is 5.41. The topological polar surface area (TPSA) is 0 Å². The fourth-order valence-electron chi connectivity index (χ4n) is 0.534. The Hall–Kier alpha value is -0.780. The van der Waals surface area contributed by atoms with Gasteiger partial charge in [0.1, 0.15) is 0 Å². The lowest BCUT2D eigenvalue weighted by Crippen LogP contribution is -1.93. The maximum Gasteiger partial charge on any atom is -0.0398 e. The highest BCUT2D eigenvalue weighted by Crippen LogP contribution is 2.08. The molecule has 0 saturated heterocycles. The molecule has 0 atom stereocenters. The number of rotatable bonds is 0. The lowest BCUT2D eigenvalue weighted by molar-refractivity contribution is 0.469. The molecule has 1 rings (SSSR count). The van der Waals surface area contributed by atoms with Crippen molar-refractivity contribution in [1.82, 2.24) is 0 Å². The summed E-state index contributed by atoms with van der Waals surface area (Å²) < 4.78 is 0. The highest BCUT2D eigenvalue weighted by Gasteiger charge is 1.95. The van der Waals surface area contributed by atoms with E-state index in [2.05, 4.69) is 46.8 Å². The average molecular weight is 194 g/mol. The quantitative estimate of drug-likeness (QED) is 0.540. The third-order valence-corrected chi connectivity index (χ3v) is 0.940. The van der Waals surface area contributed by atoms with Gasteiger partial charge in [0, 0.05) is 0 Å². The van der Waals surface area contributed by atoms with Crippen molar-refractivity contribution in [2.75, 3.05) is 0 Å².